The quantitative estimate of drug-likeness (QED) is 0.346. The van der Waals surface area contributed by atoms with Crippen LogP contribution in [0.1, 0.15) is 59.3 Å². The van der Waals surface area contributed by atoms with E-state index >= 15 is 0 Å². The zero-order chi connectivity index (χ0) is 17.4. The number of fused-ring (bicyclic) bond motifs is 1. The van der Waals surface area contributed by atoms with E-state index in [0.29, 0.717) is 0 Å². The SMILES string of the molecule is CCC[CH2][Sn]([CH2]CCC)([CH2]CCC)[c]1ccc2ccc(=O)oc2c1. The monoisotopic (exact) mass is 436 g/mol. The topological polar surface area (TPSA) is 30.2 Å². The summed E-state index contributed by atoms with van der Waals surface area (Å²) in [6, 6.07) is 10.2. The van der Waals surface area contributed by atoms with Gasteiger partial charge in [-0.15, -0.1) is 0 Å². The Labute approximate surface area is 150 Å². The molecule has 0 fully saturated rings. The minimum absolute atomic E-state index is 0.240. The fourth-order valence-electron chi connectivity index (χ4n) is 3.74. The Morgan fingerprint density at radius 2 is 1.38 bits per heavy atom. The van der Waals surface area contributed by atoms with Crippen molar-refractivity contribution >= 4 is 32.9 Å². The molecule has 0 aliphatic heterocycles. The molecule has 2 aromatic rings. The van der Waals surface area contributed by atoms with Gasteiger partial charge in [-0.1, -0.05) is 0 Å². The first kappa shape index (κ1) is 19.6. The van der Waals surface area contributed by atoms with E-state index in [-0.39, 0.29) is 5.63 Å². The van der Waals surface area contributed by atoms with E-state index in [0.717, 1.165) is 11.0 Å². The van der Waals surface area contributed by atoms with E-state index in [9.17, 15) is 4.79 Å². The second-order valence-electron chi connectivity index (χ2n) is 7.10. The average Bonchev–Trinajstić information content (AvgIpc) is 2.61. The van der Waals surface area contributed by atoms with Crippen LogP contribution in [0.25, 0.3) is 11.0 Å². The van der Waals surface area contributed by atoms with Gasteiger partial charge in [0.05, 0.1) is 0 Å². The minimum atomic E-state index is -2.43. The van der Waals surface area contributed by atoms with Crippen LogP contribution < -0.4 is 9.20 Å². The average molecular weight is 435 g/mol. The first-order chi connectivity index (χ1) is 11.6. The number of benzene rings is 1. The van der Waals surface area contributed by atoms with Crippen molar-refractivity contribution in [2.24, 2.45) is 0 Å². The Hall–Kier alpha value is -0.771. The van der Waals surface area contributed by atoms with Crippen molar-refractivity contribution in [3.05, 3.63) is 40.8 Å². The van der Waals surface area contributed by atoms with Gasteiger partial charge < -0.3 is 0 Å². The normalized spacial score (nSPS) is 12.0. The molecule has 2 rings (SSSR count). The summed E-state index contributed by atoms with van der Waals surface area (Å²) in [6.07, 6.45) is 7.87. The third-order valence-corrected chi connectivity index (χ3v) is 20.9. The van der Waals surface area contributed by atoms with Gasteiger partial charge in [0.1, 0.15) is 0 Å². The molecule has 0 saturated carbocycles. The fraction of sp³-hybridized carbons (Fsp3) is 0.571. The van der Waals surface area contributed by atoms with E-state index in [2.05, 4.69) is 39.0 Å². The molecule has 0 aliphatic carbocycles. The predicted molar refractivity (Wildman–Crippen MR) is 107 cm³/mol. The van der Waals surface area contributed by atoms with Crippen molar-refractivity contribution in [1.29, 1.82) is 0 Å². The molecule has 1 aromatic heterocycles. The molecule has 0 unspecified atom stereocenters. The standard InChI is InChI=1S/C9H5O2.3C4H9.Sn/c10-9-6-5-7-3-1-2-4-8(7)11-9;3*1-3-4-2;/h1,3-6H;3*1,3-4H2,2H3;. The van der Waals surface area contributed by atoms with Crippen molar-refractivity contribution in [2.45, 2.75) is 72.6 Å². The molecule has 132 valence electrons. The Balaban J connectivity index is 2.47. The van der Waals surface area contributed by atoms with Gasteiger partial charge in [-0.25, -0.2) is 0 Å². The maximum atomic E-state index is 11.6. The molecule has 0 amide bonds. The van der Waals surface area contributed by atoms with Crippen molar-refractivity contribution in [3.63, 3.8) is 0 Å². The van der Waals surface area contributed by atoms with Crippen LogP contribution in [0.2, 0.25) is 13.3 Å². The molecule has 0 aliphatic rings. The molecule has 2 nitrogen and oxygen atoms in total. The second kappa shape index (κ2) is 9.64. The van der Waals surface area contributed by atoms with Crippen LogP contribution in [0.5, 0.6) is 0 Å². The van der Waals surface area contributed by atoms with Crippen molar-refractivity contribution in [3.8, 4) is 0 Å². The summed E-state index contributed by atoms with van der Waals surface area (Å²) in [5.41, 5.74) is 0.543. The van der Waals surface area contributed by atoms with Gasteiger partial charge in [-0.2, -0.15) is 0 Å². The summed E-state index contributed by atoms with van der Waals surface area (Å²) in [6.45, 7) is 6.90. The third-order valence-electron chi connectivity index (χ3n) is 5.26. The summed E-state index contributed by atoms with van der Waals surface area (Å²) < 4.78 is 11.4. The molecule has 0 atom stereocenters. The summed E-state index contributed by atoms with van der Waals surface area (Å²) in [7, 11) is 0. The van der Waals surface area contributed by atoms with Crippen molar-refractivity contribution in [1.82, 2.24) is 0 Å². The summed E-state index contributed by atoms with van der Waals surface area (Å²) in [4.78, 5) is 11.6. The van der Waals surface area contributed by atoms with Gasteiger partial charge in [0.15, 0.2) is 0 Å². The Bertz CT molecular complexity index is 668. The van der Waals surface area contributed by atoms with Gasteiger partial charge in [-0.3, -0.25) is 0 Å². The molecule has 0 saturated heterocycles. The molecule has 0 radical (unpaired) electrons. The predicted octanol–water partition coefficient (Wildman–Crippen LogP) is 5.85. The van der Waals surface area contributed by atoms with E-state index in [1.807, 2.05) is 6.07 Å². The summed E-state index contributed by atoms with van der Waals surface area (Å²) >= 11 is -2.43. The van der Waals surface area contributed by atoms with E-state index in [1.54, 1.807) is 3.58 Å². The van der Waals surface area contributed by atoms with Crippen molar-refractivity contribution in [2.75, 3.05) is 0 Å². The van der Waals surface area contributed by atoms with Crippen LogP contribution in [0.15, 0.2) is 39.5 Å². The molecule has 1 heterocycles. The van der Waals surface area contributed by atoms with Gasteiger partial charge in [-0.05, 0) is 0 Å². The first-order valence-corrected chi connectivity index (χ1v) is 17.2. The zero-order valence-electron chi connectivity index (χ0n) is 15.6. The summed E-state index contributed by atoms with van der Waals surface area (Å²) in [5, 5.41) is 1.04. The number of hydrogen-bond acceptors (Lipinski definition) is 2. The van der Waals surface area contributed by atoms with Crippen LogP contribution in [-0.2, 0) is 0 Å². The Kier molecular flexibility index (Phi) is 7.86. The van der Waals surface area contributed by atoms with Crippen LogP contribution in [0.3, 0.4) is 0 Å². The second-order valence-corrected chi connectivity index (χ2v) is 20.3. The molecule has 0 N–H and O–H groups in total. The molecule has 1 aromatic carbocycles. The van der Waals surface area contributed by atoms with E-state index in [4.69, 9.17) is 4.42 Å². The third kappa shape index (κ3) is 4.87. The van der Waals surface area contributed by atoms with Gasteiger partial charge in [0.25, 0.3) is 0 Å². The van der Waals surface area contributed by atoms with Crippen molar-refractivity contribution < 1.29 is 4.42 Å². The van der Waals surface area contributed by atoms with Crippen LogP contribution >= 0.6 is 0 Å². The van der Waals surface area contributed by atoms with Crippen LogP contribution in [0, 0.1) is 0 Å². The van der Waals surface area contributed by atoms with E-state index in [1.165, 1.54) is 57.9 Å². The maximum absolute atomic E-state index is 11.6. The Morgan fingerprint density at radius 1 is 0.833 bits per heavy atom. The first-order valence-electron chi connectivity index (χ1n) is 9.69. The molecular weight excluding hydrogens is 403 g/mol. The molecule has 24 heavy (non-hydrogen) atoms. The van der Waals surface area contributed by atoms with Gasteiger partial charge in [0.2, 0.25) is 0 Å². The number of hydrogen-bond donors (Lipinski definition) is 0. The number of rotatable bonds is 10. The molecule has 0 bridgehead atoms. The van der Waals surface area contributed by atoms with Crippen LogP contribution in [0.4, 0.5) is 0 Å². The zero-order valence-corrected chi connectivity index (χ0v) is 18.4. The van der Waals surface area contributed by atoms with Gasteiger partial charge in [0, 0.05) is 0 Å². The molecule has 0 spiro atoms. The van der Waals surface area contributed by atoms with Gasteiger partial charge >= 0.3 is 151 Å². The molecule has 3 heteroatoms. The Morgan fingerprint density at radius 3 is 1.92 bits per heavy atom. The van der Waals surface area contributed by atoms with Crippen LogP contribution in [-0.4, -0.2) is 18.4 Å². The fourth-order valence-corrected chi connectivity index (χ4v) is 19.7. The molecular formula is C21H32O2Sn. The van der Waals surface area contributed by atoms with E-state index < -0.39 is 18.4 Å². The number of unbranched alkanes of at least 4 members (excludes halogenated alkanes) is 3. The summed E-state index contributed by atoms with van der Waals surface area (Å²) in [5.74, 6) is 0.